The number of para-hydroxylation sites is 1. The summed E-state index contributed by atoms with van der Waals surface area (Å²) in [7, 11) is 0. The zero-order valence-corrected chi connectivity index (χ0v) is 22.6. The molecule has 6 aromatic rings. The van der Waals surface area contributed by atoms with E-state index in [4.69, 9.17) is 9.72 Å². The molecule has 3 aromatic carbocycles. The van der Waals surface area contributed by atoms with Gasteiger partial charge >= 0.3 is 0 Å². The van der Waals surface area contributed by atoms with Gasteiger partial charge in [0.25, 0.3) is 0 Å². The average Bonchev–Trinajstić information content (AvgIpc) is 3.12. The van der Waals surface area contributed by atoms with E-state index in [0.29, 0.717) is 17.1 Å². The third kappa shape index (κ3) is 4.04. The number of aromatic nitrogens is 3. The number of phenolic OH excluding ortho intramolecular Hbond substituents is 1. The molecule has 0 aliphatic rings. The number of ether oxygens (including phenoxy) is 1. The van der Waals surface area contributed by atoms with E-state index in [0.717, 1.165) is 49.8 Å². The molecule has 0 spiro atoms. The van der Waals surface area contributed by atoms with Crippen molar-refractivity contribution in [2.45, 2.75) is 27.7 Å². The second kappa shape index (κ2) is 9.07. The summed E-state index contributed by atoms with van der Waals surface area (Å²) >= 11 is 0. The number of pyridine rings is 2. The van der Waals surface area contributed by atoms with E-state index in [9.17, 15) is 5.11 Å². The van der Waals surface area contributed by atoms with Crippen LogP contribution in [-0.2, 0) is 21.1 Å². The molecule has 0 aliphatic heterocycles. The minimum absolute atomic E-state index is 0. The van der Waals surface area contributed by atoms with Crippen LogP contribution in [0.5, 0.6) is 17.4 Å². The van der Waals surface area contributed by atoms with Crippen LogP contribution >= 0.6 is 0 Å². The van der Waals surface area contributed by atoms with Gasteiger partial charge in [-0.1, -0.05) is 47.7 Å². The Kier molecular flexibility index (Phi) is 6.05. The second-order valence-corrected chi connectivity index (χ2v) is 9.14. The van der Waals surface area contributed by atoms with Crippen LogP contribution in [-0.4, -0.2) is 19.6 Å². The van der Waals surface area contributed by atoms with Gasteiger partial charge in [-0.15, -0.1) is 17.7 Å². The van der Waals surface area contributed by atoms with Gasteiger partial charge in [-0.05, 0) is 62.1 Å². The number of benzene rings is 3. The Bertz CT molecular complexity index is 1770. The molecule has 6 rings (SSSR count). The first-order valence-corrected chi connectivity index (χ1v) is 11.6. The van der Waals surface area contributed by atoms with Gasteiger partial charge in [0.05, 0.1) is 0 Å². The van der Waals surface area contributed by atoms with Gasteiger partial charge in [0.2, 0.25) is 5.88 Å². The fourth-order valence-corrected chi connectivity index (χ4v) is 4.85. The molecule has 0 unspecified atom stereocenters. The van der Waals surface area contributed by atoms with Crippen molar-refractivity contribution >= 4 is 32.7 Å². The molecule has 3 heterocycles. The summed E-state index contributed by atoms with van der Waals surface area (Å²) < 4.78 is 8.33. The molecule has 0 saturated carbocycles. The largest absolute Gasteiger partial charge is 0.506 e. The number of hydrogen-bond acceptors (Lipinski definition) is 4. The summed E-state index contributed by atoms with van der Waals surface area (Å²) in [6.07, 6.45) is 0. The summed E-state index contributed by atoms with van der Waals surface area (Å²) in [5.74, 6) is 1.94. The Morgan fingerprint density at radius 2 is 1.69 bits per heavy atom. The van der Waals surface area contributed by atoms with Crippen molar-refractivity contribution in [1.82, 2.24) is 14.5 Å². The number of phenols is 1. The molecule has 0 saturated heterocycles. The molecule has 0 aliphatic carbocycles. The fourth-order valence-electron chi connectivity index (χ4n) is 4.85. The van der Waals surface area contributed by atoms with Gasteiger partial charge in [0, 0.05) is 49.5 Å². The van der Waals surface area contributed by atoms with Gasteiger partial charge in [-0.2, -0.15) is 0 Å². The molecule has 6 heteroatoms. The van der Waals surface area contributed by atoms with Crippen LogP contribution in [0.15, 0.2) is 66.7 Å². The normalized spacial score (nSPS) is 11.2. The van der Waals surface area contributed by atoms with Crippen molar-refractivity contribution in [3.63, 3.8) is 0 Å². The Hall–Kier alpha value is -3.69. The van der Waals surface area contributed by atoms with E-state index < -0.39 is 0 Å². The predicted molar refractivity (Wildman–Crippen MR) is 140 cm³/mol. The molecule has 1 N–H and O–H groups in total. The molecule has 3 aromatic heterocycles. The SMILES string of the molecule is Cc1cc(C)nc(-n2c3[c-]c(Oc4ccc5cccc(O)c5n4)cc(C)c3c3cc(C)ccc32)c1.[Pt]. The number of aromatic hydroxyl groups is 1. The van der Waals surface area contributed by atoms with Gasteiger partial charge in [-0.25, -0.2) is 9.97 Å². The summed E-state index contributed by atoms with van der Waals surface area (Å²) in [5.41, 5.74) is 6.88. The maximum Gasteiger partial charge on any atom is 0.217 e. The third-order valence-electron chi connectivity index (χ3n) is 6.31. The number of rotatable bonds is 3. The first-order valence-electron chi connectivity index (χ1n) is 11.6. The molecule has 5 nitrogen and oxygen atoms in total. The van der Waals surface area contributed by atoms with Gasteiger partial charge in [0.1, 0.15) is 17.1 Å². The number of hydrogen-bond donors (Lipinski definition) is 1. The van der Waals surface area contributed by atoms with Crippen LogP contribution in [0.4, 0.5) is 0 Å². The van der Waals surface area contributed by atoms with Crippen molar-refractivity contribution < 1.29 is 30.9 Å². The molecular formula is C30H24N3O2Pt-. The number of fused-ring (bicyclic) bond motifs is 4. The van der Waals surface area contributed by atoms with E-state index in [2.05, 4.69) is 66.7 Å². The molecule has 0 fully saturated rings. The third-order valence-corrected chi connectivity index (χ3v) is 6.31. The van der Waals surface area contributed by atoms with Gasteiger partial charge in [-0.3, -0.25) is 0 Å². The first kappa shape index (κ1) is 24.0. The maximum atomic E-state index is 10.2. The average molecular weight is 654 g/mol. The molecule has 0 amide bonds. The first-order chi connectivity index (χ1) is 16.9. The Morgan fingerprint density at radius 3 is 2.50 bits per heavy atom. The van der Waals surface area contributed by atoms with E-state index in [1.54, 1.807) is 18.2 Å². The van der Waals surface area contributed by atoms with E-state index >= 15 is 0 Å². The van der Waals surface area contributed by atoms with Crippen molar-refractivity contribution in [3.05, 3.63) is 95.2 Å². The monoisotopic (exact) mass is 653 g/mol. The van der Waals surface area contributed by atoms with Crippen molar-refractivity contribution in [2.75, 3.05) is 0 Å². The van der Waals surface area contributed by atoms with Crippen LogP contribution in [0, 0.1) is 33.8 Å². The molecule has 36 heavy (non-hydrogen) atoms. The predicted octanol–water partition coefficient (Wildman–Crippen LogP) is 7.26. The molecule has 182 valence electrons. The summed E-state index contributed by atoms with van der Waals surface area (Å²) in [5, 5.41) is 13.4. The van der Waals surface area contributed by atoms with Gasteiger partial charge < -0.3 is 14.4 Å². The maximum absolute atomic E-state index is 10.2. The second-order valence-electron chi connectivity index (χ2n) is 9.14. The zero-order valence-electron chi connectivity index (χ0n) is 20.4. The minimum atomic E-state index is 0. The molecule has 0 bridgehead atoms. The standard InChI is InChI=1S/C30H24N3O2.Pt/c1-17-8-10-24-23(13-17)29-19(3)15-22(16-25(29)33(24)27-14-18(2)12-20(4)31-27)35-28-11-9-21-6-5-7-26(34)30(21)32-28;/h5-15,34H,1-4H3;/q-1;. The van der Waals surface area contributed by atoms with Crippen molar-refractivity contribution in [3.8, 4) is 23.2 Å². The Balaban J connectivity index is 0.00000267. The van der Waals surface area contributed by atoms with Crippen molar-refractivity contribution in [2.24, 2.45) is 0 Å². The molecule has 0 atom stereocenters. The van der Waals surface area contributed by atoms with Gasteiger partial charge in [0.15, 0.2) is 0 Å². The smallest absolute Gasteiger partial charge is 0.217 e. The number of aryl methyl sites for hydroxylation is 4. The Labute approximate surface area is 223 Å². The zero-order chi connectivity index (χ0) is 24.3. The quantitative estimate of drug-likeness (QED) is 0.205. The van der Waals surface area contributed by atoms with Crippen molar-refractivity contribution in [1.29, 1.82) is 0 Å². The minimum Gasteiger partial charge on any atom is -0.506 e. The summed E-state index contributed by atoms with van der Waals surface area (Å²) in [6, 6.07) is 25.2. The van der Waals surface area contributed by atoms with Crippen LogP contribution in [0.25, 0.3) is 38.5 Å². The van der Waals surface area contributed by atoms with Crippen LogP contribution in [0.2, 0.25) is 0 Å². The summed E-state index contributed by atoms with van der Waals surface area (Å²) in [4.78, 5) is 9.37. The van der Waals surface area contributed by atoms with Crippen LogP contribution in [0.1, 0.15) is 22.4 Å². The van der Waals surface area contributed by atoms with E-state index in [1.165, 1.54) is 5.56 Å². The number of nitrogens with zero attached hydrogens (tertiary/aromatic N) is 3. The fraction of sp³-hybridized carbons (Fsp3) is 0.133. The molecular weight excluding hydrogens is 629 g/mol. The van der Waals surface area contributed by atoms with Crippen LogP contribution < -0.4 is 4.74 Å². The van der Waals surface area contributed by atoms with E-state index in [1.807, 2.05) is 25.1 Å². The summed E-state index contributed by atoms with van der Waals surface area (Å²) in [6.45, 7) is 8.29. The van der Waals surface area contributed by atoms with Crippen LogP contribution in [0.3, 0.4) is 0 Å². The topological polar surface area (TPSA) is 60.2 Å². The molecule has 0 radical (unpaired) electrons. The Morgan fingerprint density at radius 1 is 0.861 bits per heavy atom. The van der Waals surface area contributed by atoms with E-state index in [-0.39, 0.29) is 26.8 Å².